The Morgan fingerprint density at radius 1 is 1.19 bits per heavy atom. The first-order valence-corrected chi connectivity index (χ1v) is 9.57. The Morgan fingerprint density at radius 3 is 2.69 bits per heavy atom. The first kappa shape index (κ1) is 18.4. The molecule has 1 aliphatic rings. The van der Waals surface area contributed by atoms with Gasteiger partial charge in [-0.15, -0.1) is 10.2 Å². The molecule has 1 fully saturated rings. The van der Waals surface area contributed by atoms with Crippen LogP contribution >= 0.6 is 0 Å². The Labute approximate surface area is 156 Å². The summed E-state index contributed by atoms with van der Waals surface area (Å²) in [7, 11) is 1.99. The number of nitrogens with zero attached hydrogens (tertiary/aromatic N) is 4. The summed E-state index contributed by atoms with van der Waals surface area (Å²) in [6, 6.07) is 9.02. The largest absolute Gasteiger partial charge is 0.354 e. The van der Waals surface area contributed by atoms with Gasteiger partial charge in [0.25, 0.3) is 0 Å². The predicted molar refractivity (Wildman–Crippen MR) is 105 cm³/mol. The molecular formula is C20H30N6. The topological polar surface area (TPSA) is 67.1 Å². The predicted octanol–water partition coefficient (Wildman–Crippen LogP) is 3.00. The Bertz CT molecular complexity index is 743. The molecule has 0 amide bonds. The minimum atomic E-state index is 0.508. The van der Waals surface area contributed by atoms with E-state index < -0.39 is 0 Å². The van der Waals surface area contributed by atoms with Gasteiger partial charge in [0.1, 0.15) is 5.82 Å². The first-order chi connectivity index (χ1) is 12.6. The highest BCUT2D eigenvalue weighted by Crippen LogP contribution is 2.17. The standard InChI is InChI=1S/C20H30N6/c1-15-8-7-9-17(12-15)13-21-20(23-18-10-5-4-6-11-18)22-14-19-25-24-16(2)26(19)3/h7-9,12,18H,4-6,10-11,13-14H2,1-3H3,(H2,21,22,23). The van der Waals surface area contributed by atoms with Gasteiger partial charge in [0.15, 0.2) is 11.8 Å². The van der Waals surface area contributed by atoms with Crippen LogP contribution in [0.1, 0.15) is 54.9 Å². The lowest BCUT2D eigenvalue weighted by molar-refractivity contribution is 0.409. The van der Waals surface area contributed by atoms with Gasteiger partial charge in [-0.2, -0.15) is 0 Å². The molecule has 1 aliphatic carbocycles. The smallest absolute Gasteiger partial charge is 0.192 e. The molecule has 0 aliphatic heterocycles. The molecule has 1 saturated carbocycles. The van der Waals surface area contributed by atoms with Crippen LogP contribution in [0, 0.1) is 13.8 Å². The van der Waals surface area contributed by atoms with Crippen molar-refractivity contribution in [2.75, 3.05) is 0 Å². The second kappa shape index (κ2) is 8.83. The molecule has 1 aromatic heterocycles. The minimum Gasteiger partial charge on any atom is -0.354 e. The summed E-state index contributed by atoms with van der Waals surface area (Å²) in [5, 5.41) is 15.4. The molecule has 0 spiro atoms. The highest BCUT2D eigenvalue weighted by Gasteiger charge is 2.15. The second-order valence-corrected chi connectivity index (χ2v) is 7.21. The lowest BCUT2D eigenvalue weighted by Gasteiger charge is -2.25. The number of nitrogens with one attached hydrogen (secondary N) is 2. The van der Waals surface area contributed by atoms with Crippen molar-refractivity contribution < 1.29 is 0 Å². The maximum Gasteiger partial charge on any atom is 0.192 e. The van der Waals surface area contributed by atoms with E-state index in [-0.39, 0.29) is 0 Å². The molecule has 0 unspecified atom stereocenters. The Kier molecular flexibility index (Phi) is 6.26. The average molecular weight is 355 g/mol. The lowest BCUT2D eigenvalue weighted by Crippen LogP contribution is -2.44. The van der Waals surface area contributed by atoms with Crippen molar-refractivity contribution in [1.29, 1.82) is 0 Å². The van der Waals surface area contributed by atoms with Gasteiger partial charge in [0.05, 0.1) is 13.1 Å². The molecule has 6 nitrogen and oxygen atoms in total. The van der Waals surface area contributed by atoms with Crippen molar-refractivity contribution in [1.82, 2.24) is 25.4 Å². The molecule has 0 atom stereocenters. The Balaban J connectivity index is 1.67. The van der Waals surface area contributed by atoms with E-state index >= 15 is 0 Å². The third kappa shape index (κ3) is 5.07. The quantitative estimate of drug-likeness (QED) is 0.640. The summed E-state index contributed by atoms with van der Waals surface area (Å²) in [6.07, 6.45) is 6.37. The lowest BCUT2D eigenvalue weighted by atomic mass is 9.96. The van der Waals surface area contributed by atoms with E-state index in [9.17, 15) is 0 Å². The third-order valence-corrected chi connectivity index (χ3v) is 5.04. The van der Waals surface area contributed by atoms with Crippen LogP contribution in [0.2, 0.25) is 0 Å². The first-order valence-electron chi connectivity index (χ1n) is 9.57. The third-order valence-electron chi connectivity index (χ3n) is 5.04. The zero-order valence-corrected chi connectivity index (χ0v) is 16.1. The molecule has 26 heavy (non-hydrogen) atoms. The van der Waals surface area contributed by atoms with E-state index in [0.29, 0.717) is 19.1 Å². The molecule has 0 bridgehead atoms. The van der Waals surface area contributed by atoms with Crippen molar-refractivity contribution in [3.63, 3.8) is 0 Å². The van der Waals surface area contributed by atoms with Crippen LogP contribution in [-0.4, -0.2) is 26.8 Å². The molecule has 140 valence electrons. The van der Waals surface area contributed by atoms with Gasteiger partial charge in [0.2, 0.25) is 0 Å². The fourth-order valence-corrected chi connectivity index (χ4v) is 3.34. The van der Waals surface area contributed by atoms with Gasteiger partial charge in [-0.1, -0.05) is 49.1 Å². The van der Waals surface area contributed by atoms with Crippen molar-refractivity contribution >= 4 is 5.96 Å². The van der Waals surface area contributed by atoms with Crippen LogP contribution in [0.5, 0.6) is 0 Å². The fourth-order valence-electron chi connectivity index (χ4n) is 3.34. The number of hydrogen-bond donors (Lipinski definition) is 2. The number of aryl methyl sites for hydroxylation is 2. The van der Waals surface area contributed by atoms with Crippen LogP contribution in [-0.2, 0) is 20.1 Å². The Morgan fingerprint density at radius 2 is 2.00 bits per heavy atom. The van der Waals surface area contributed by atoms with Gasteiger partial charge in [0, 0.05) is 13.1 Å². The minimum absolute atomic E-state index is 0.508. The summed E-state index contributed by atoms with van der Waals surface area (Å²) in [6.45, 7) is 5.36. The molecule has 0 radical (unpaired) electrons. The van der Waals surface area contributed by atoms with Gasteiger partial charge in [-0.25, -0.2) is 4.99 Å². The zero-order chi connectivity index (χ0) is 18.4. The highest BCUT2D eigenvalue weighted by atomic mass is 15.3. The Hall–Kier alpha value is -2.37. The van der Waals surface area contributed by atoms with E-state index in [2.05, 4.69) is 52.0 Å². The molecule has 3 rings (SSSR count). The van der Waals surface area contributed by atoms with E-state index in [1.807, 2.05) is 18.5 Å². The monoisotopic (exact) mass is 354 g/mol. The summed E-state index contributed by atoms with van der Waals surface area (Å²) >= 11 is 0. The normalized spacial score (nSPS) is 15.9. The number of benzene rings is 1. The van der Waals surface area contributed by atoms with Gasteiger partial charge < -0.3 is 15.2 Å². The van der Waals surface area contributed by atoms with Crippen molar-refractivity contribution in [3.8, 4) is 0 Å². The van der Waals surface area contributed by atoms with E-state index in [1.165, 1.54) is 43.2 Å². The number of aromatic nitrogens is 3. The molecule has 1 aromatic carbocycles. The number of rotatable bonds is 5. The van der Waals surface area contributed by atoms with E-state index in [4.69, 9.17) is 4.99 Å². The zero-order valence-electron chi connectivity index (χ0n) is 16.1. The van der Waals surface area contributed by atoms with Gasteiger partial charge in [-0.3, -0.25) is 0 Å². The maximum absolute atomic E-state index is 4.82. The van der Waals surface area contributed by atoms with E-state index in [1.54, 1.807) is 0 Å². The molecule has 1 heterocycles. The molecule has 2 aromatic rings. The van der Waals surface area contributed by atoms with Gasteiger partial charge in [-0.05, 0) is 32.3 Å². The van der Waals surface area contributed by atoms with E-state index in [0.717, 1.165) is 17.6 Å². The van der Waals surface area contributed by atoms with Crippen LogP contribution in [0.4, 0.5) is 0 Å². The van der Waals surface area contributed by atoms with Crippen molar-refractivity contribution in [3.05, 3.63) is 47.0 Å². The molecule has 0 saturated heterocycles. The van der Waals surface area contributed by atoms with Gasteiger partial charge >= 0.3 is 0 Å². The van der Waals surface area contributed by atoms with Crippen molar-refractivity contribution in [2.24, 2.45) is 12.0 Å². The van der Waals surface area contributed by atoms with Crippen LogP contribution in [0.25, 0.3) is 0 Å². The highest BCUT2D eigenvalue weighted by molar-refractivity contribution is 5.80. The molecular weight excluding hydrogens is 324 g/mol. The summed E-state index contributed by atoms with van der Waals surface area (Å²) in [5.74, 6) is 2.69. The summed E-state index contributed by atoms with van der Waals surface area (Å²) < 4.78 is 2.01. The number of hydrogen-bond acceptors (Lipinski definition) is 3. The number of guanidine groups is 1. The average Bonchev–Trinajstić information content (AvgIpc) is 2.97. The summed E-state index contributed by atoms with van der Waals surface area (Å²) in [4.78, 5) is 4.82. The number of aliphatic imine (C=N–C) groups is 1. The van der Waals surface area contributed by atoms with Crippen LogP contribution in [0.3, 0.4) is 0 Å². The molecule has 2 N–H and O–H groups in total. The fraction of sp³-hybridized carbons (Fsp3) is 0.550. The SMILES string of the molecule is Cc1cccc(CN=C(NCc2nnc(C)n2C)NC2CCCCC2)c1. The molecule has 6 heteroatoms. The van der Waals surface area contributed by atoms with Crippen LogP contribution < -0.4 is 10.6 Å². The summed E-state index contributed by atoms with van der Waals surface area (Å²) in [5.41, 5.74) is 2.49. The van der Waals surface area contributed by atoms with Crippen molar-refractivity contribution in [2.45, 2.75) is 65.1 Å². The second-order valence-electron chi connectivity index (χ2n) is 7.21. The maximum atomic E-state index is 4.82. The van der Waals surface area contributed by atoms with Crippen LogP contribution in [0.15, 0.2) is 29.3 Å².